The maximum Gasteiger partial charge on any atom is 0.340 e. The van der Waals surface area contributed by atoms with Gasteiger partial charge in [-0.15, -0.1) is 0 Å². The lowest BCUT2D eigenvalue weighted by molar-refractivity contribution is -0.120. The van der Waals surface area contributed by atoms with Gasteiger partial charge in [-0.25, -0.2) is 17.9 Å². The van der Waals surface area contributed by atoms with Crippen molar-refractivity contribution in [1.29, 1.82) is 0 Å². The van der Waals surface area contributed by atoms with Crippen molar-refractivity contribution in [2.75, 3.05) is 13.6 Å². The first-order valence-electron chi connectivity index (χ1n) is 5.74. The smallest absolute Gasteiger partial charge is 0.340 e. The van der Waals surface area contributed by atoms with Crippen molar-refractivity contribution in [3.05, 3.63) is 17.1 Å². The number of amides is 1. The Morgan fingerprint density at radius 3 is 2.35 bits per heavy atom. The molecule has 1 aromatic rings. The SMILES string of the molecule is CNC(=O)CCNS(=O)(=O)c1c(C)oc(C)c1C(=O)O. The largest absolute Gasteiger partial charge is 0.478 e. The first-order valence-corrected chi connectivity index (χ1v) is 7.22. The molecule has 1 heterocycles. The van der Waals surface area contributed by atoms with Gasteiger partial charge in [0, 0.05) is 20.0 Å². The van der Waals surface area contributed by atoms with Gasteiger partial charge in [0.25, 0.3) is 0 Å². The lowest BCUT2D eigenvalue weighted by Gasteiger charge is -2.06. The number of nitrogens with one attached hydrogen (secondary N) is 2. The van der Waals surface area contributed by atoms with Crippen LogP contribution in [0.1, 0.15) is 28.3 Å². The molecule has 112 valence electrons. The van der Waals surface area contributed by atoms with Crippen LogP contribution in [-0.4, -0.2) is 39.0 Å². The van der Waals surface area contributed by atoms with Crippen LogP contribution in [0, 0.1) is 13.8 Å². The van der Waals surface area contributed by atoms with E-state index in [0.717, 1.165) is 0 Å². The van der Waals surface area contributed by atoms with Gasteiger partial charge in [-0.1, -0.05) is 0 Å². The van der Waals surface area contributed by atoms with Crippen LogP contribution in [0.2, 0.25) is 0 Å². The summed E-state index contributed by atoms with van der Waals surface area (Å²) in [5, 5.41) is 11.4. The van der Waals surface area contributed by atoms with Gasteiger partial charge in [-0.3, -0.25) is 4.79 Å². The molecular weight excluding hydrogens is 288 g/mol. The molecule has 8 nitrogen and oxygen atoms in total. The van der Waals surface area contributed by atoms with Gasteiger partial charge in [-0.2, -0.15) is 0 Å². The predicted molar refractivity (Wildman–Crippen MR) is 69.0 cm³/mol. The van der Waals surface area contributed by atoms with E-state index in [0.29, 0.717) is 0 Å². The molecule has 1 aromatic heterocycles. The van der Waals surface area contributed by atoms with Crippen molar-refractivity contribution in [2.45, 2.75) is 25.2 Å². The highest BCUT2D eigenvalue weighted by molar-refractivity contribution is 7.89. The van der Waals surface area contributed by atoms with Gasteiger partial charge in [0.1, 0.15) is 22.0 Å². The molecule has 0 bridgehead atoms. The molecule has 3 N–H and O–H groups in total. The molecule has 0 unspecified atom stereocenters. The third-order valence-corrected chi connectivity index (χ3v) is 4.22. The first-order chi connectivity index (χ1) is 9.20. The lowest BCUT2D eigenvalue weighted by Crippen LogP contribution is -2.30. The Kier molecular flexibility index (Phi) is 4.90. The number of hydrogen-bond donors (Lipinski definition) is 3. The third-order valence-electron chi connectivity index (χ3n) is 2.61. The topological polar surface area (TPSA) is 126 Å². The van der Waals surface area contributed by atoms with E-state index in [2.05, 4.69) is 10.0 Å². The average Bonchev–Trinajstić information content (AvgIpc) is 2.64. The predicted octanol–water partition coefficient (Wildman–Crippen LogP) is 0.00904. The fourth-order valence-corrected chi connectivity index (χ4v) is 3.17. The van der Waals surface area contributed by atoms with Crippen molar-refractivity contribution >= 4 is 21.9 Å². The number of furan rings is 1. The molecule has 0 aliphatic heterocycles. The zero-order valence-corrected chi connectivity index (χ0v) is 12.1. The van der Waals surface area contributed by atoms with Crippen molar-refractivity contribution in [2.24, 2.45) is 0 Å². The van der Waals surface area contributed by atoms with Crippen molar-refractivity contribution in [1.82, 2.24) is 10.0 Å². The Balaban J connectivity index is 3.04. The Morgan fingerprint density at radius 2 is 1.85 bits per heavy atom. The molecule has 0 saturated heterocycles. The summed E-state index contributed by atoms with van der Waals surface area (Å²) in [6.45, 7) is 2.61. The zero-order chi connectivity index (χ0) is 15.5. The molecular formula is C11H16N2O6S. The minimum Gasteiger partial charge on any atom is -0.478 e. The van der Waals surface area contributed by atoms with Gasteiger partial charge in [-0.05, 0) is 13.8 Å². The quantitative estimate of drug-likeness (QED) is 0.679. The summed E-state index contributed by atoms with van der Waals surface area (Å²) in [5.41, 5.74) is -0.394. The molecule has 0 fully saturated rings. The van der Waals surface area contributed by atoms with Gasteiger partial charge in [0.05, 0.1) is 0 Å². The lowest BCUT2D eigenvalue weighted by atomic mass is 10.2. The van der Waals surface area contributed by atoms with Gasteiger partial charge < -0.3 is 14.8 Å². The van der Waals surface area contributed by atoms with Crippen LogP contribution in [0.3, 0.4) is 0 Å². The summed E-state index contributed by atoms with van der Waals surface area (Å²) >= 11 is 0. The van der Waals surface area contributed by atoms with Gasteiger partial charge in [0.15, 0.2) is 0 Å². The normalized spacial score (nSPS) is 11.3. The molecule has 1 amide bonds. The maximum atomic E-state index is 12.1. The van der Waals surface area contributed by atoms with E-state index in [1.807, 2.05) is 0 Å². The Bertz CT molecular complexity index is 632. The fourth-order valence-electron chi connectivity index (χ4n) is 1.73. The molecule has 20 heavy (non-hydrogen) atoms. The molecule has 0 aromatic carbocycles. The summed E-state index contributed by atoms with van der Waals surface area (Å²) in [7, 11) is -2.62. The molecule has 0 atom stereocenters. The summed E-state index contributed by atoms with van der Waals surface area (Å²) in [6, 6.07) is 0. The fraction of sp³-hybridized carbons (Fsp3) is 0.455. The monoisotopic (exact) mass is 304 g/mol. The van der Waals surface area contributed by atoms with E-state index in [4.69, 9.17) is 9.52 Å². The first kappa shape index (κ1) is 16.2. The number of carboxylic acid groups (broad SMARTS) is 1. The van der Waals surface area contributed by atoms with Crippen LogP contribution >= 0.6 is 0 Å². The summed E-state index contributed by atoms with van der Waals surface area (Å²) in [4.78, 5) is 21.7. The minimum atomic E-state index is -4.05. The second-order valence-electron chi connectivity index (χ2n) is 4.04. The van der Waals surface area contributed by atoms with E-state index in [-0.39, 0.29) is 30.4 Å². The Labute approximate surface area is 116 Å². The Morgan fingerprint density at radius 1 is 1.25 bits per heavy atom. The number of aromatic carboxylic acids is 1. The highest BCUT2D eigenvalue weighted by Crippen LogP contribution is 2.26. The summed E-state index contributed by atoms with van der Waals surface area (Å²) in [6.07, 6.45) is -0.0476. The molecule has 0 aliphatic rings. The van der Waals surface area contributed by atoms with Gasteiger partial charge >= 0.3 is 5.97 Å². The number of rotatable bonds is 6. The summed E-state index contributed by atoms with van der Waals surface area (Å²) in [5.74, 6) is -1.70. The molecule has 0 aliphatic carbocycles. The second-order valence-corrected chi connectivity index (χ2v) is 5.75. The van der Waals surface area contributed by atoms with Crippen LogP contribution in [0.25, 0.3) is 0 Å². The number of aryl methyl sites for hydroxylation is 2. The number of hydrogen-bond acceptors (Lipinski definition) is 5. The third kappa shape index (κ3) is 3.36. The second kappa shape index (κ2) is 6.06. The molecule has 9 heteroatoms. The number of carbonyl (C=O) groups is 2. The van der Waals surface area contributed by atoms with E-state index < -0.39 is 26.5 Å². The maximum absolute atomic E-state index is 12.1. The van der Waals surface area contributed by atoms with E-state index in [1.54, 1.807) is 0 Å². The molecule has 0 saturated carbocycles. The van der Waals surface area contributed by atoms with Crippen molar-refractivity contribution in [3.63, 3.8) is 0 Å². The molecule has 0 spiro atoms. The van der Waals surface area contributed by atoms with Crippen LogP contribution in [0.15, 0.2) is 9.31 Å². The van der Waals surface area contributed by atoms with Gasteiger partial charge in [0.2, 0.25) is 15.9 Å². The van der Waals surface area contributed by atoms with Crippen molar-refractivity contribution in [3.8, 4) is 0 Å². The molecule has 0 radical (unpaired) electrons. The van der Waals surface area contributed by atoms with Crippen LogP contribution in [0.5, 0.6) is 0 Å². The number of carboxylic acids is 1. The van der Waals surface area contributed by atoms with E-state index in [1.165, 1.54) is 20.9 Å². The van der Waals surface area contributed by atoms with E-state index in [9.17, 15) is 18.0 Å². The number of carbonyl (C=O) groups excluding carboxylic acids is 1. The standard InChI is InChI=1S/C11H16N2O6S/c1-6-9(11(15)16)10(7(2)19-6)20(17,18)13-5-4-8(14)12-3/h13H,4-5H2,1-3H3,(H,12,14)(H,15,16). The average molecular weight is 304 g/mol. The Hall–Kier alpha value is -1.87. The van der Waals surface area contributed by atoms with Crippen LogP contribution in [0.4, 0.5) is 0 Å². The van der Waals surface area contributed by atoms with Crippen molar-refractivity contribution < 1.29 is 27.5 Å². The number of sulfonamides is 1. The van der Waals surface area contributed by atoms with E-state index >= 15 is 0 Å². The highest BCUT2D eigenvalue weighted by atomic mass is 32.2. The van der Waals surface area contributed by atoms with Crippen LogP contribution < -0.4 is 10.0 Å². The summed E-state index contributed by atoms with van der Waals surface area (Å²) < 4.78 is 31.4. The molecule has 1 rings (SSSR count). The zero-order valence-electron chi connectivity index (χ0n) is 11.3. The van der Waals surface area contributed by atoms with Crippen LogP contribution in [-0.2, 0) is 14.8 Å². The highest BCUT2D eigenvalue weighted by Gasteiger charge is 2.30. The minimum absolute atomic E-state index is 0.00709.